The highest BCUT2D eigenvalue weighted by atomic mass is 16.2. The Labute approximate surface area is 127 Å². The molecule has 0 saturated carbocycles. The molecule has 0 N–H and O–H groups in total. The summed E-state index contributed by atoms with van der Waals surface area (Å²) in [5.41, 5.74) is 3.72. The van der Waals surface area contributed by atoms with Crippen LogP contribution in [0.4, 0.5) is 5.69 Å². The Kier molecular flexibility index (Phi) is 2.93. The molecule has 4 rings (SSSR count). The van der Waals surface area contributed by atoms with Gasteiger partial charge in [-0.15, -0.1) is 5.10 Å². The third-order valence-electron chi connectivity index (χ3n) is 3.86. The Morgan fingerprint density at radius 1 is 1.05 bits per heavy atom. The number of benzene rings is 2. The van der Waals surface area contributed by atoms with E-state index in [1.54, 1.807) is 16.8 Å². The van der Waals surface area contributed by atoms with Crippen LogP contribution in [0.3, 0.4) is 0 Å². The summed E-state index contributed by atoms with van der Waals surface area (Å²) in [7, 11) is 0. The van der Waals surface area contributed by atoms with Crippen LogP contribution in [0.15, 0.2) is 54.9 Å². The van der Waals surface area contributed by atoms with E-state index in [1.165, 1.54) is 11.9 Å². The first-order valence-corrected chi connectivity index (χ1v) is 7.06. The summed E-state index contributed by atoms with van der Waals surface area (Å²) in [5, 5.41) is 11.0. The molecule has 1 aliphatic heterocycles. The number of hydrogen-bond acceptors (Lipinski definition) is 4. The summed E-state index contributed by atoms with van der Waals surface area (Å²) >= 11 is 0. The van der Waals surface area contributed by atoms with Crippen molar-refractivity contribution in [1.82, 2.24) is 20.2 Å². The normalized spacial score (nSPS) is 13.2. The molecule has 108 valence electrons. The number of nitrogens with zero attached hydrogens (tertiary/aromatic N) is 5. The van der Waals surface area contributed by atoms with E-state index in [1.807, 2.05) is 35.2 Å². The van der Waals surface area contributed by atoms with E-state index < -0.39 is 0 Å². The molecule has 22 heavy (non-hydrogen) atoms. The molecule has 1 aliphatic rings. The first-order chi connectivity index (χ1) is 10.8. The van der Waals surface area contributed by atoms with Crippen molar-refractivity contribution >= 4 is 11.6 Å². The Hall–Kier alpha value is -3.02. The topological polar surface area (TPSA) is 63.9 Å². The molecule has 1 aromatic heterocycles. The SMILES string of the molecule is O=C(c1ccc(-n2cnnn2)cc1)N1CCc2ccccc21. The van der Waals surface area contributed by atoms with Crippen LogP contribution in [0, 0.1) is 0 Å². The number of rotatable bonds is 2. The molecule has 0 radical (unpaired) electrons. The van der Waals surface area contributed by atoms with Gasteiger partial charge in [-0.3, -0.25) is 4.79 Å². The summed E-state index contributed by atoms with van der Waals surface area (Å²) in [4.78, 5) is 14.5. The van der Waals surface area contributed by atoms with E-state index in [0.717, 1.165) is 24.3 Å². The zero-order valence-corrected chi connectivity index (χ0v) is 11.8. The molecule has 0 atom stereocenters. The summed E-state index contributed by atoms with van der Waals surface area (Å²) in [6.45, 7) is 0.729. The third kappa shape index (κ3) is 2.05. The lowest BCUT2D eigenvalue weighted by Crippen LogP contribution is -2.28. The maximum atomic E-state index is 12.7. The van der Waals surface area contributed by atoms with Crippen molar-refractivity contribution in [2.75, 3.05) is 11.4 Å². The van der Waals surface area contributed by atoms with Crippen LogP contribution in [-0.2, 0) is 6.42 Å². The second-order valence-corrected chi connectivity index (χ2v) is 5.14. The number of para-hydroxylation sites is 1. The van der Waals surface area contributed by atoms with Gasteiger partial charge in [0, 0.05) is 17.8 Å². The van der Waals surface area contributed by atoms with Crippen molar-refractivity contribution in [3.8, 4) is 5.69 Å². The number of fused-ring (bicyclic) bond motifs is 1. The molecule has 0 saturated heterocycles. The Morgan fingerprint density at radius 3 is 2.64 bits per heavy atom. The monoisotopic (exact) mass is 291 g/mol. The third-order valence-corrected chi connectivity index (χ3v) is 3.86. The number of carbonyl (C=O) groups excluding carboxylic acids is 1. The lowest BCUT2D eigenvalue weighted by atomic mass is 10.1. The van der Waals surface area contributed by atoms with E-state index in [4.69, 9.17) is 0 Å². The summed E-state index contributed by atoms with van der Waals surface area (Å²) < 4.78 is 1.55. The molecule has 2 aromatic carbocycles. The molecule has 6 heteroatoms. The van der Waals surface area contributed by atoms with Crippen molar-refractivity contribution in [2.45, 2.75) is 6.42 Å². The summed E-state index contributed by atoms with van der Waals surface area (Å²) in [5.74, 6) is 0.0215. The smallest absolute Gasteiger partial charge is 0.258 e. The zero-order chi connectivity index (χ0) is 14.9. The molecule has 0 spiro atoms. The molecule has 6 nitrogen and oxygen atoms in total. The average Bonchev–Trinajstić information content (AvgIpc) is 3.24. The highest BCUT2D eigenvalue weighted by molar-refractivity contribution is 6.07. The lowest BCUT2D eigenvalue weighted by molar-refractivity contribution is 0.0989. The molecular weight excluding hydrogens is 278 g/mol. The van der Waals surface area contributed by atoms with E-state index >= 15 is 0 Å². The van der Waals surface area contributed by atoms with E-state index in [9.17, 15) is 4.79 Å². The van der Waals surface area contributed by atoms with E-state index in [-0.39, 0.29) is 5.91 Å². The Morgan fingerprint density at radius 2 is 1.86 bits per heavy atom. The summed E-state index contributed by atoms with van der Waals surface area (Å²) in [6, 6.07) is 15.3. The molecule has 0 bridgehead atoms. The number of aromatic nitrogens is 4. The number of hydrogen-bond donors (Lipinski definition) is 0. The van der Waals surface area contributed by atoms with Crippen LogP contribution in [-0.4, -0.2) is 32.7 Å². The highest BCUT2D eigenvalue weighted by Gasteiger charge is 2.24. The first-order valence-electron chi connectivity index (χ1n) is 7.06. The van der Waals surface area contributed by atoms with Crippen molar-refractivity contribution in [2.24, 2.45) is 0 Å². The fourth-order valence-corrected chi connectivity index (χ4v) is 2.74. The Balaban J connectivity index is 1.61. The van der Waals surface area contributed by atoms with Gasteiger partial charge in [0.1, 0.15) is 6.33 Å². The van der Waals surface area contributed by atoms with Gasteiger partial charge in [0.05, 0.1) is 5.69 Å². The molecule has 0 unspecified atom stereocenters. The van der Waals surface area contributed by atoms with Gasteiger partial charge in [-0.05, 0) is 52.7 Å². The Bertz CT molecular complexity index is 811. The van der Waals surface area contributed by atoms with Crippen molar-refractivity contribution in [3.05, 3.63) is 66.0 Å². The van der Waals surface area contributed by atoms with Gasteiger partial charge in [-0.25, -0.2) is 4.68 Å². The van der Waals surface area contributed by atoms with Gasteiger partial charge in [0.15, 0.2) is 0 Å². The maximum absolute atomic E-state index is 12.7. The van der Waals surface area contributed by atoms with Crippen LogP contribution >= 0.6 is 0 Å². The van der Waals surface area contributed by atoms with Crippen molar-refractivity contribution < 1.29 is 4.79 Å². The van der Waals surface area contributed by atoms with E-state index in [0.29, 0.717) is 5.56 Å². The van der Waals surface area contributed by atoms with Crippen LogP contribution in [0.5, 0.6) is 0 Å². The van der Waals surface area contributed by atoms with Gasteiger partial charge in [0.2, 0.25) is 0 Å². The summed E-state index contributed by atoms with van der Waals surface area (Å²) in [6.07, 6.45) is 2.43. The number of anilines is 1. The number of amides is 1. The zero-order valence-electron chi connectivity index (χ0n) is 11.8. The second kappa shape index (κ2) is 5.07. The maximum Gasteiger partial charge on any atom is 0.258 e. The van der Waals surface area contributed by atoms with E-state index in [2.05, 4.69) is 21.6 Å². The minimum Gasteiger partial charge on any atom is -0.308 e. The van der Waals surface area contributed by atoms with Gasteiger partial charge in [-0.2, -0.15) is 0 Å². The van der Waals surface area contributed by atoms with Crippen molar-refractivity contribution in [1.29, 1.82) is 0 Å². The predicted molar refractivity (Wildman–Crippen MR) is 81.0 cm³/mol. The minimum absolute atomic E-state index is 0.0215. The number of carbonyl (C=O) groups is 1. The molecule has 2 heterocycles. The predicted octanol–water partition coefficient (Wildman–Crippen LogP) is 1.87. The highest BCUT2D eigenvalue weighted by Crippen LogP contribution is 2.28. The van der Waals surface area contributed by atoms with Gasteiger partial charge >= 0.3 is 0 Å². The molecule has 0 fully saturated rings. The minimum atomic E-state index is 0.0215. The van der Waals surface area contributed by atoms with Crippen LogP contribution in [0.1, 0.15) is 15.9 Å². The van der Waals surface area contributed by atoms with Crippen LogP contribution in [0.25, 0.3) is 5.69 Å². The van der Waals surface area contributed by atoms with Gasteiger partial charge < -0.3 is 4.90 Å². The van der Waals surface area contributed by atoms with Gasteiger partial charge in [0.25, 0.3) is 5.91 Å². The number of tetrazole rings is 1. The molecule has 1 amide bonds. The molecular formula is C16H13N5O. The lowest BCUT2D eigenvalue weighted by Gasteiger charge is -2.17. The quantitative estimate of drug-likeness (QED) is 0.723. The van der Waals surface area contributed by atoms with Crippen LogP contribution in [0.2, 0.25) is 0 Å². The fourth-order valence-electron chi connectivity index (χ4n) is 2.74. The molecule has 3 aromatic rings. The van der Waals surface area contributed by atoms with Crippen LogP contribution < -0.4 is 4.90 Å². The largest absolute Gasteiger partial charge is 0.308 e. The molecule has 0 aliphatic carbocycles. The van der Waals surface area contributed by atoms with Crippen molar-refractivity contribution in [3.63, 3.8) is 0 Å². The van der Waals surface area contributed by atoms with Gasteiger partial charge in [-0.1, -0.05) is 18.2 Å². The second-order valence-electron chi connectivity index (χ2n) is 5.14. The average molecular weight is 291 g/mol. The first kappa shape index (κ1) is 12.7. The standard InChI is InChI=1S/C16H13N5O/c22-16(20-10-9-12-3-1-2-4-15(12)20)13-5-7-14(8-6-13)21-11-17-18-19-21/h1-8,11H,9-10H2. The fraction of sp³-hybridized carbons (Fsp3) is 0.125.